The van der Waals surface area contributed by atoms with Gasteiger partial charge in [-0.05, 0) is 30.5 Å². The summed E-state index contributed by atoms with van der Waals surface area (Å²) in [4.78, 5) is 11.8. The van der Waals surface area contributed by atoms with Crippen molar-refractivity contribution in [3.8, 4) is 5.75 Å². The molecule has 1 fully saturated rings. The van der Waals surface area contributed by atoms with Crippen LogP contribution >= 0.6 is 0 Å². The number of H-pyrrole nitrogens is 1. The van der Waals surface area contributed by atoms with Gasteiger partial charge in [-0.2, -0.15) is 5.10 Å². The van der Waals surface area contributed by atoms with Crippen LogP contribution in [-0.4, -0.2) is 21.2 Å². The summed E-state index contributed by atoms with van der Waals surface area (Å²) in [6, 6.07) is 5.72. The van der Waals surface area contributed by atoms with E-state index < -0.39 is 11.6 Å². The Bertz CT molecular complexity index is 650. The molecule has 1 heterocycles. The average molecular weight is 275 g/mol. The van der Waals surface area contributed by atoms with Gasteiger partial charge in [-0.3, -0.25) is 9.89 Å². The lowest BCUT2D eigenvalue weighted by Gasteiger charge is -2.03. The van der Waals surface area contributed by atoms with Crippen LogP contribution in [0.15, 0.2) is 24.3 Å². The van der Waals surface area contributed by atoms with Gasteiger partial charge in [0.15, 0.2) is 17.4 Å². The maximum absolute atomic E-state index is 13.2. The molecule has 0 saturated heterocycles. The topological polar surface area (TPSA) is 78.0 Å². The lowest BCUT2D eigenvalue weighted by molar-refractivity contribution is -0.115. The zero-order valence-electron chi connectivity index (χ0n) is 10.7. The molecule has 0 aliphatic heterocycles. The molecular formula is C14H14FN3O2. The normalized spacial score (nSPS) is 14.2. The fraction of sp³-hybridized carbons (Fsp3) is 0.286. The number of carbonyl (C=O) groups is 1. The summed E-state index contributed by atoms with van der Waals surface area (Å²) < 4.78 is 13.2. The average Bonchev–Trinajstić information content (AvgIpc) is 3.15. The number of phenolic OH excluding ortho intramolecular Hbond substituents is 1. The molecule has 0 radical (unpaired) electrons. The van der Waals surface area contributed by atoms with Crippen molar-refractivity contribution in [3.05, 3.63) is 41.3 Å². The van der Waals surface area contributed by atoms with E-state index in [0.717, 1.165) is 24.6 Å². The fourth-order valence-corrected chi connectivity index (χ4v) is 2.04. The number of rotatable bonds is 4. The second-order valence-corrected chi connectivity index (χ2v) is 4.99. The van der Waals surface area contributed by atoms with E-state index in [4.69, 9.17) is 5.11 Å². The van der Waals surface area contributed by atoms with E-state index in [-0.39, 0.29) is 12.3 Å². The van der Waals surface area contributed by atoms with Crippen molar-refractivity contribution in [1.29, 1.82) is 0 Å². The Kier molecular flexibility index (Phi) is 3.14. The third kappa shape index (κ3) is 2.79. The van der Waals surface area contributed by atoms with E-state index in [1.165, 1.54) is 12.1 Å². The summed E-state index contributed by atoms with van der Waals surface area (Å²) in [5, 5.41) is 18.7. The molecule has 0 unspecified atom stereocenters. The Labute approximate surface area is 114 Å². The number of aromatic hydroxyl groups is 1. The Morgan fingerprint density at radius 3 is 2.95 bits per heavy atom. The van der Waals surface area contributed by atoms with Crippen molar-refractivity contribution in [2.45, 2.75) is 25.2 Å². The zero-order valence-corrected chi connectivity index (χ0v) is 10.7. The van der Waals surface area contributed by atoms with Crippen LogP contribution in [0, 0.1) is 5.82 Å². The number of aromatic amines is 1. The number of aromatic nitrogens is 2. The van der Waals surface area contributed by atoms with Crippen LogP contribution < -0.4 is 5.32 Å². The van der Waals surface area contributed by atoms with Crippen LogP contribution in [0.3, 0.4) is 0 Å². The van der Waals surface area contributed by atoms with Crippen LogP contribution in [0.25, 0.3) is 0 Å². The molecule has 1 saturated carbocycles. The molecule has 0 bridgehead atoms. The van der Waals surface area contributed by atoms with Gasteiger partial charge in [-0.1, -0.05) is 6.07 Å². The first kappa shape index (κ1) is 12.7. The number of hydrogen-bond acceptors (Lipinski definition) is 3. The Morgan fingerprint density at radius 2 is 2.25 bits per heavy atom. The number of anilines is 1. The summed E-state index contributed by atoms with van der Waals surface area (Å²) in [6.45, 7) is 0. The van der Waals surface area contributed by atoms with Crippen LogP contribution in [0.5, 0.6) is 5.75 Å². The van der Waals surface area contributed by atoms with Crippen molar-refractivity contribution >= 4 is 11.7 Å². The molecule has 6 heteroatoms. The monoisotopic (exact) mass is 275 g/mol. The molecule has 3 N–H and O–H groups in total. The number of phenols is 1. The van der Waals surface area contributed by atoms with E-state index in [0.29, 0.717) is 17.3 Å². The van der Waals surface area contributed by atoms with Gasteiger partial charge in [0.05, 0.1) is 6.42 Å². The smallest absolute Gasteiger partial charge is 0.229 e. The molecule has 3 rings (SSSR count). The van der Waals surface area contributed by atoms with Crippen LogP contribution in [0.4, 0.5) is 10.2 Å². The van der Waals surface area contributed by atoms with E-state index in [9.17, 15) is 9.18 Å². The molecule has 20 heavy (non-hydrogen) atoms. The highest BCUT2D eigenvalue weighted by Crippen LogP contribution is 2.39. The predicted molar refractivity (Wildman–Crippen MR) is 71.0 cm³/mol. The lowest BCUT2D eigenvalue weighted by atomic mass is 10.1. The van der Waals surface area contributed by atoms with E-state index in [1.807, 2.05) is 6.07 Å². The van der Waals surface area contributed by atoms with Crippen LogP contribution in [-0.2, 0) is 11.2 Å². The van der Waals surface area contributed by atoms with Crippen LogP contribution in [0.1, 0.15) is 30.0 Å². The molecule has 2 aromatic rings. The summed E-state index contributed by atoms with van der Waals surface area (Å²) in [7, 11) is 0. The van der Waals surface area contributed by atoms with Gasteiger partial charge in [-0.15, -0.1) is 0 Å². The van der Waals surface area contributed by atoms with Gasteiger partial charge in [-0.25, -0.2) is 4.39 Å². The zero-order chi connectivity index (χ0) is 14.1. The number of halogens is 1. The number of hydrogen-bond donors (Lipinski definition) is 3. The van der Waals surface area contributed by atoms with Crippen molar-refractivity contribution in [1.82, 2.24) is 10.2 Å². The summed E-state index contributed by atoms with van der Waals surface area (Å²) >= 11 is 0. The van der Waals surface area contributed by atoms with Gasteiger partial charge in [0, 0.05) is 17.7 Å². The second kappa shape index (κ2) is 4.96. The molecule has 5 nitrogen and oxygen atoms in total. The minimum Gasteiger partial charge on any atom is -0.505 e. The minimum atomic E-state index is -0.730. The second-order valence-electron chi connectivity index (χ2n) is 4.99. The Morgan fingerprint density at radius 1 is 1.45 bits per heavy atom. The number of benzene rings is 1. The maximum Gasteiger partial charge on any atom is 0.229 e. The lowest BCUT2D eigenvalue weighted by Crippen LogP contribution is -2.14. The molecule has 1 aromatic carbocycles. The van der Waals surface area contributed by atoms with Gasteiger partial charge >= 0.3 is 0 Å². The van der Waals surface area contributed by atoms with Gasteiger partial charge < -0.3 is 10.4 Å². The highest BCUT2D eigenvalue weighted by atomic mass is 19.1. The first-order valence-corrected chi connectivity index (χ1v) is 6.44. The molecular weight excluding hydrogens is 261 g/mol. The largest absolute Gasteiger partial charge is 0.505 e. The van der Waals surface area contributed by atoms with Gasteiger partial charge in [0.1, 0.15) is 0 Å². The van der Waals surface area contributed by atoms with Crippen molar-refractivity contribution < 1.29 is 14.3 Å². The van der Waals surface area contributed by atoms with E-state index >= 15 is 0 Å². The third-order valence-electron chi connectivity index (χ3n) is 3.26. The number of nitrogens with one attached hydrogen (secondary N) is 2. The van der Waals surface area contributed by atoms with Crippen molar-refractivity contribution in [3.63, 3.8) is 0 Å². The van der Waals surface area contributed by atoms with Crippen molar-refractivity contribution in [2.75, 3.05) is 5.32 Å². The molecule has 1 aliphatic rings. The summed E-state index contributed by atoms with van der Waals surface area (Å²) in [5.41, 5.74) is 1.53. The molecule has 0 spiro atoms. The Hall–Kier alpha value is -2.37. The molecule has 1 aliphatic carbocycles. The SMILES string of the molecule is O=C(Cc1ccc(O)c(F)c1)Nc1cc(C2CC2)[nH]n1. The standard InChI is InChI=1S/C14H14FN3O2/c15-10-5-8(1-4-12(10)19)6-14(20)16-13-7-11(17-18-13)9-2-3-9/h1,4-5,7,9,19H,2-3,6H2,(H2,16,17,18,20). The quantitative estimate of drug-likeness (QED) is 0.801. The number of carbonyl (C=O) groups excluding carboxylic acids is 1. The van der Waals surface area contributed by atoms with E-state index in [2.05, 4.69) is 15.5 Å². The fourth-order valence-electron chi connectivity index (χ4n) is 2.04. The van der Waals surface area contributed by atoms with Gasteiger partial charge in [0.2, 0.25) is 5.91 Å². The number of nitrogens with zero attached hydrogens (tertiary/aromatic N) is 1. The summed E-state index contributed by atoms with van der Waals surface area (Å²) in [6.07, 6.45) is 2.34. The maximum atomic E-state index is 13.2. The summed E-state index contributed by atoms with van der Waals surface area (Å²) in [5.74, 6) is -0.402. The first-order valence-electron chi connectivity index (χ1n) is 6.44. The van der Waals surface area contributed by atoms with Crippen LogP contribution in [0.2, 0.25) is 0 Å². The third-order valence-corrected chi connectivity index (χ3v) is 3.26. The molecule has 0 atom stereocenters. The molecule has 1 amide bonds. The van der Waals surface area contributed by atoms with E-state index in [1.54, 1.807) is 0 Å². The highest BCUT2D eigenvalue weighted by Gasteiger charge is 2.25. The molecule has 104 valence electrons. The Balaban J connectivity index is 1.61. The minimum absolute atomic E-state index is 0.0306. The van der Waals surface area contributed by atoms with Crippen molar-refractivity contribution in [2.24, 2.45) is 0 Å². The highest BCUT2D eigenvalue weighted by molar-refractivity contribution is 5.91. The number of amides is 1. The first-order chi connectivity index (χ1) is 9.61. The molecule has 1 aromatic heterocycles. The van der Waals surface area contributed by atoms with Gasteiger partial charge in [0.25, 0.3) is 0 Å². The predicted octanol–water partition coefficient (Wildman–Crippen LogP) is 2.31.